The molecule has 3 nitrogen and oxygen atoms in total. The zero-order valence-corrected chi connectivity index (χ0v) is 9.12. The minimum absolute atomic E-state index is 0.109. The number of hydrogen-bond acceptors (Lipinski definition) is 2. The van der Waals surface area contributed by atoms with Crippen molar-refractivity contribution in [2.75, 3.05) is 0 Å². The summed E-state index contributed by atoms with van der Waals surface area (Å²) in [4.78, 5) is 10.7. The Labute approximate surface area is 85.9 Å². The maximum Gasteiger partial charge on any atom is 0.306 e. The highest BCUT2D eigenvalue weighted by Crippen LogP contribution is 2.26. The first kappa shape index (κ1) is 11.5. The van der Waals surface area contributed by atoms with E-state index in [1.54, 1.807) is 0 Å². The number of nitrogens with one attached hydrogen (secondary N) is 1. The van der Waals surface area contributed by atoms with Gasteiger partial charge in [-0.3, -0.25) is 4.79 Å². The molecule has 0 aromatic heterocycles. The Morgan fingerprint density at radius 1 is 1.43 bits per heavy atom. The van der Waals surface area contributed by atoms with Crippen LogP contribution in [0.25, 0.3) is 0 Å². The maximum atomic E-state index is 10.7. The van der Waals surface area contributed by atoms with Crippen molar-refractivity contribution in [1.29, 1.82) is 0 Å². The molecule has 0 radical (unpaired) electrons. The van der Waals surface area contributed by atoms with Gasteiger partial charge >= 0.3 is 5.97 Å². The van der Waals surface area contributed by atoms with Gasteiger partial charge in [-0.05, 0) is 32.1 Å². The molecule has 1 fully saturated rings. The van der Waals surface area contributed by atoms with Crippen LogP contribution in [0, 0.1) is 5.92 Å². The molecule has 3 heteroatoms. The van der Waals surface area contributed by atoms with E-state index in [0.29, 0.717) is 12.1 Å². The van der Waals surface area contributed by atoms with Gasteiger partial charge in [0, 0.05) is 12.1 Å². The van der Waals surface area contributed by atoms with Crippen LogP contribution in [0.2, 0.25) is 0 Å². The Balaban J connectivity index is 2.31. The Morgan fingerprint density at radius 3 is 2.50 bits per heavy atom. The van der Waals surface area contributed by atoms with Crippen molar-refractivity contribution >= 4 is 5.97 Å². The third-order valence-corrected chi connectivity index (χ3v) is 3.24. The lowest BCUT2D eigenvalue weighted by Gasteiger charge is -2.20. The molecule has 0 aliphatic heterocycles. The van der Waals surface area contributed by atoms with Crippen molar-refractivity contribution < 1.29 is 9.90 Å². The van der Waals surface area contributed by atoms with Crippen LogP contribution in [0.3, 0.4) is 0 Å². The van der Waals surface area contributed by atoms with E-state index in [4.69, 9.17) is 5.11 Å². The van der Waals surface area contributed by atoms with Gasteiger partial charge in [-0.1, -0.05) is 13.8 Å². The molecule has 0 aromatic carbocycles. The highest BCUT2D eigenvalue weighted by Gasteiger charge is 2.30. The van der Waals surface area contributed by atoms with Crippen molar-refractivity contribution in [3.63, 3.8) is 0 Å². The standard InChI is InChI=1S/C11H21NO2/c1-3-9(4-2)12-10-6-5-8(7-10)11(13)14/h8-10,12H,3-7H2,1-2H3,(H,13,14)/t8-,10+/m1/s1. The molecule has 0 amide bonds. The van der Waals surface area contributed by atoms with Crippen LogP contribution in [0.1, 0.15) is 46.0 Å². The molecule has 1 aliphatic rings. The third-order valence-electron chi connectivity index (χ3n) is 3.24. The van der Waals surface area contributed by atoms with E-state index >= 15 is 0 Å². The van der Waals surface area contributed by atoms with Gasteiger partial charge in [0.1, 0.15) is 0 Å². The second-order valence-electron chi connectivity index (χ2n) is 4.23. The molecule has 0 heterocycles. The summed E-state index contributed by atoms with van der Waals surface area (Å²) in [6, 6.07) is 0.994. The summed E-state index contributed by atoms with van der Waals surface area (Å²) in [5, 5.41) is 12.4. The predicted molar refractivity (Wildman–Crippen MR) is 56.3 cm³/mol. The van der Waals surface area contributed by atoms with Crippen molar-refractivity contribution in [3.8, 4) is 0 Å². The van der Waals surface area contributed by atoms with Crippen LogP contribution >= 0.6 is 0 Å². The summed E-state index contributed by atoms with van der Waals surface area (Å²) < 4.78 is 0. The van der Waals surface area contributed by atoms with E-state index in [-0.39, 0.29) is 5.92 Å². The van der Waals surface area contributed by atoms with Crippen molar-refractivity contribution in [2.24, 2.45) is 5.92 Å². The minimum atomic E-state index is -0.626. The maximum absolute atomic E-state index is 10.7. The monoisotopic (exact) mass is 199 g/mol. The highest BCUT2D eigenvalue weighted by molar-refractivity contribution is 5.70. The number of rotatable bonds is 5. The van der Waals surface area contributed by atoms with Gasteiger partial charge in [0.05, 0.1) is 5.92 Å². The van der Waals surface area contributed by atoms with Crippen LogP contribution in [-0.2, 0) is 4.79 Å². The van der Waals surface area contributed by atoms with E-state index in [1.807, 2.05) is 0 Å². The molecule has 1 aliphatic carbocycles. The molecular weight excluding hydrogens is 178 g/mol. The van der Waals surface area contributed by atoms with Crippen LogP contribution < -0.4 is 5.32 Å². The normalized spacial score (nSPS) is 27.1. The number of aliphatic carboxylic acids is 1. The Bertz CT molecular complexity index is 190. The quantitative estimate of drug-likeness (QED) is 0.712. The number of carboxylic acid groups (broad SMARTS) is 1. The second-order valence-corrected chi connectivity index (χ2v) is 4.23. The summed E-state index contributed by atoms with van der Waals surface area (Å²) in [6.07, 6.45) is 4.93. The zero-order chi connectivity index (χ0) is 10.6. The van der Waals surface area contributed by atoms with E-state index in [9.17, 15) is 4.79 Å². The molecule has 1 rings (SSSR count). The first-order valence-electron chi connectivity index (χ1n) is 5.66. The second kappa shape index (κ2) is 5.35. The molecule has 0 unspecified atom stereocenters. The van der Waals surface area contributed by atoms with E-state index in [0.717, 1.165) is 32.1 Å². The van der Waals surface area contributed by atoms with Crippen molar-refractivity contribution in [2.45, 2.75) is 58.0 Å². The van der Waals surface area contributed by atoms with Gasteiger partial charge in [0.25, 0.3) is 0 Å². The summed E-state index contributed by atoms with van der Waals surface area (Å²) in [5.41, 5.74) is 0. The minimum Gasteiger partial charge on any atom is -0.481 e. The van der Waals surface area contributed by atoms with Gasteiger partial charge in [0.2, 0.25) is 0 Å². The van der Waals surface area contributed by atoms with Crippen molar-refractivity contribution in [1.82, 2.24) is 5.32 Å². The lowest BCUT2D eigenvalue weighted by atomic mass is 10.1. The topological polar surface area (TPSA) is 49.3 Å². The summed E-state index contributed by atoms with van der Waals surface area (Å²) in [7, 11) is 0. The number of hydrogen-bond donors (Lipinski definition) is 2. The van der Waals surface area contributed by atoms with E-state index in [1.165, 1.54) is 0 Å². The van der Waals surface area contributed by atoms with Crippen LogP contribution in [0.5, 0.6) is 0 Å². The largest absolute Gasteiger partial charge is 0.481 e. The van der Waals surface area contributed by atoms with Crippen molar-refractivity contribution in [3.05, 3.63) is 0 Å². The van der Waals surface area contributed by atoms with Gasteiger partial charge in [0.15, 0.2) is 0 Å². The molecular formula is C11H21NO2. The smallest absolute Gasteiger partial charge is 0.306 e. The van der Waals surface area contributed by atoms with E-state index < -0.39 is 5.97 Å². The van der Waals surface area contributed by atoms with Crippen LogP contribution in [0.15, 0.2) is 0 Å². The molecule has 2 N–H and O–H groups in total. The molecule has 0 aromatic rings. The fraction of sp³-hybridized carbons (Fsp3) is 0.909. The third kappa shape index (κ3) is 2.98. The average molecular weight is 199 g/mol. The Kier molecular flexibility index (Phi) is 4.39. The average Bonchev–Trinajstić information content (AvgIpc) is 2.62. The fourth-order valence-corrected chi connectivity index (χ4v) is 2.21. The molecule has 0 saturated heterocycles. The molecule has 1 saturated carbocycles. The summed E-state index contributed by atoms with van der Waals surface area (Å²) in [6.45, 7) is 4.34. The number of carbonyl (C=O) groups is 1. The SMILES string of the molecule is CCC(CC)N[C@H]1CC[C@@H](C(=O)O)C1. The van der Waals surface area contributed by atoms with Crippen LogP contribution in [-0.4, -0.2) is 23.2 Å². The van der Waals surface area contributed by atoms with Gasteiger partial charge < -0.3 is 10.4 Å². The Morgan fingerprint density at radius 2 is 2.07 bits per heavy atom. The molecule has 0 bridgehead atoms. The summed E-state index contributed by atoms with van der Waals surface area (Å²) in [5.74, 6) is -0.735. The molecule has 14 heavy (non-hydrogen) atoms. The molecule has 0 spiro atoms. The molecule has 2 atom stereocenters. The van der Waals surface area contributed by atoms with Crippen LogP contribution in [0.4, 0.5) is 0 Å². The summed E-state index contributed by atoms with van der Waals surface area (Å²) >= 11 is 0. The fourth-order valence-electron chi connectivity index (χ4n) is 2.21. The van der Waals surface area contributed by atoms with Gasteiger partial charge in [-0.15, -0.1) is 0 Å². The lowest BCUT2D eigenvalue weighted by molar-refractivity contribution is -0.141. The predicted octanol–water partition coefficient (Wildman–Crippen LogP) is 2.02. The zero-order valence-electron chi connectivity index (χ0n) is 9.12. The van der Waals surface area contributed by atoms with Gasteiger partial charge in [-0.25, -0.2) is 0 Å². The first-order chi connectivity index (χ1) is 6.67. The first-order valence-corrected chi connectivity index (χ1v) is 5.66. The highest BCUT2D eigenvalue weighted by atomic mass is 16.4. The van der Waals surface area contributed by atoms with E-state index in [2.05, 4.69) is 19.2 Å². The lowest BCUT2D eigenvalue weighted by Crippen LogP contribution is -2.36. The van der Waals surface area contributed by atoms with Gasteiger partial charge in [-0.2, -0.15) is 0 Å². The number of carboxylic acids is 1. The Hall–Kier alpha value is -0.570. The molecule has 82 valence electrons.